The highest BCUT2D eigenvalue weighted by Gasteiger charge is 2.50. The molecule has 298 valence electrons. The standard InChI is InChI=1S/C36H47N7O5.C2HF3O2/c1-21-9-11-23(12-10-21)18-27(33(39)45)41-34(46)22(2)40-35(47)29-8-5-17-42(29)36(48)30-20-26-6-3-4-7-28(26)43(30)31(44)19-24-13-15-25(16-14-24)32(37)38;3-2(4,5)1(6)7/h9-16,22,26-30H,3-8,17-20H2,1-2H3,(H3,37,38)(H2,39,45)(H,40,47)(H,41,46);(H,6,7)/t22-,26+,27+,28+,29+,30+;/m1./s1. The summed E-state index contributed by atoms with van der Waals surface area (Å²) in [5.74, 6) is -4.61. The lowest BCUT2D eigenvalue weighted by Gasteiger charge is -2.35. The highest BCUT2D eigenvalue weighted by molar-refractivity contribution is 5.97. The second-order valence-electron chi connectivity index (χ2n) is 14.3. The fourth-order valence-electron chi connectivity index (χ4n) is 7.46. The molecule has 6 atom stereocenters. The van der Waals surface area contributed by atoms with Crippen molar-refractivity contribution in [2.45, 2.75) is 108 Å². The van der Waals surface area contributed by atoms with Crippen LogP contribution in [-0.2, 0) is 41.6 Å². The van der Waals surface area contributed by atoms with E-state index in [-0.39, 0.29) is 42.5 Å². The summed E-state index contributed by atoms with van der Waals surface area (Å²) in [4.78, 5) is 79.1. The summed E-state index contributed by atoms with van der Waals surface area (Å²) in [6, 6.07) is 11.2. The van der Waals surface area contributed by atoms with Crippen molar-refractivity contribution in [3.8, 4) is 0 Å². The Bertz CT molecular complexity index is 1750. The maximum atomic E-state index is 14.2. The number of nitrogen functional groups attached to an aromatic ring is 1. The van der Waals surface area contributed by atoms with Crippen LogP contribution < -0.4 is 22.1 Å². The van der Waals surface area contributed by atoms with Gasteiger partial charge in [0.1, 0.15) is 30.0 Å². The molecule has 8 N–H and O–H groups in total. The summed E-state index contributed by atoms with van der Waals surface area (Å²) in [6.07, 6.45) is 0.752. The van der Waals surface area contributed by atoms with Crippen molar-refractivity contribution in [1.29, 1.82) is 5.41 Å². The minimum absolute atomic E-state index is 0.0200. The number of benzene rings is 2. The fraction of sp³-hybridized carbons (Fsp3) is 0.500. The van der Waals surface area contributed by atoms with E-state index in [4.69, 9.17) is 26.8 Å². The topological polar surface area (TPSA) is 229 Å². The van der Waals surface area contributed by atoms with Gasteiger partial charge in [-0.25, -0.2) is 4.79 Å². The molecule has 1 saturated carbocycles. The van der Waals surface area contributed by atoms with Gasteiger partial charge >= 0.3 is 12.1 Å². The van der Waals surface area contributed by atoms with Crippen LogP contribution >= 0.6 is 0 Å². The number of hydrogen-bond donors (Lipinski definition) is 6. The quantitative estimate of drug-likeness (QED) is 0.146. The van der Waals surface area contributed by atoms with Crippen LogP contribution in [0.3, 0.4) is 0 Å². The zero-order valence-electron chi connectivity index (χ0n) is 30.7. The largest absolute Gasteiger partial charge is 0.490 e. The number of aliphatic carboxylic acids is 1. The van der Waals surface area contributed by atoms with Crippen molar-refractivity contribution in [2.24, 2.45) is 17.4 Å². The number of rotatable bonds is 11. The molecule has 55 heavy (non-hydrogen) atoms. The first-order valence-electron chi connectivity index (χ1n) is 18.2. The predicted molar refractivity (Wildman–Crippen MR) is 194 cm³/mol. The molecular weight excluding hydrogens is 723 g/mol. The normalized spacial score (nSPS) is 21.6. The lowest BCUT2D eigenvalue weighted by atomic mass is 9.84. The number of carbonyl (C=O) groups is 6. The molecule has 2 aromatic carbocycles. The molecule has 14 nitrogen and oxygen atoms in total. The number of primary amides is 1. The lowest BCUT2D eigenvalue weighted by molar-refractivity contribution is -0.192. The van der Waals surface area contributed by atoms with Crippen LogP contribution in [-0.4, -0.2) is 99.2 Å². The average molecular weight is 772 g/mol. The van der Waals surface area contributed by atoms with Gasteiger partial charge in [0.15, 0.2) is 0 Å². The van der Waals surface area contributed by atoms with Crippen molar-refractivity contribution in [3.63, 3.8) is 0 Å². The number of aryl methyl sites for hydroxylation is 1. The van der Waals surface area contributed by atoms with Crippen molar-refractivity contribution in [1.82, 2.24) is 20.4 Å². The van der Waals surface area contributed by atoms with E-state index in [9.17, 15) is 37.1 Å². The Labute approximate surface area is 316 Å². The molecule has 2 aromatic rings. The van der Waals surface area contributed by atoms with Crippen molar-refractivity contribution in [2.75, 3.05) is 6.54 Å². The first-order chi connectivity index (χ1) is 25.9. The molecule has 2 heterocycles. The molecule has 2 aliphatic heterocycles. The molecule has 3 fully saturated rings. The monoisotopic (exact) mass is 771 g/mol. The molecule has 17 heteroatoms. The fourth-order valence-corrected chi connectivity index (χ4v) is 7.46. The predicted octanol–water partition coefficient (Wildman–Crippen LogP) is 2.32. The Balaban J connectivity index is 0.000000876. The van der Waals surface area contributed by atoms with Gasteiger partial charge < -0.3 is 37.0 Å². The highest BCUT2D eigenvalue weighted by Crippen LogP contribution is 2.41. The van der Waals surface area contributed by atoms with E-state index in [1.54, 1.807) is 34.1 Å². The van der Waals surface area contributed by atoms with Crippen LogP contribution in [0.4, 0.5) is 13.2 Å². The molecule has 0 unspecified atom stereocenters. The number of carboxylic acids is 1. The number of likely N-dealkylation sites (tertiary alicyclic amines) is 2. The summed E-state index contributed by atoms with van der Waals surface area (Å²) >= 11 is 0. The molecule has 0 radical (unpaired) electrons. The van der Waals surface area contributed by atoms with Gasteiger partial charge in [0, 0.05) is 24.6 Å². The zero-order chi connectivity index (χ0) is 40.6. The summed E-state index contributed by atoms with van der Waals surface area (Å²) in [7, 11) is 0. The zero-order valence-corrected chi connectivity index (χ0v) is 30.7. The van der Waals surface area contributed by atoms with E-state index in [1.165, 1.54) is 6.92 Å². The second-order valence-corrected chi connectivity index (χ2v) is 14.3. The smallest absolute Gasteiger partial charge is 0.475 e. The molecule has 0 spiro atoms. The van der Waals surface area contributed by atoms with Crippen LogP contribution in [0.15, 0.2) is 48.5 Å². The minimum Gasteiger partial charge on any atom is -0.475 e. The van der Waals surface area contributed by atoms with Gasteiger partial charge in [-0.1, -0.05) is 66.9 Å². The van der Waals surface area contributed by atoms with E-state index in [2.05, 4.69) is 10.6 Å². The Kier molecular flexibility index (Phi) is 14.0. The molecule has 2 saturated heterocycles. The summed E-state index contributed by atoms with van der Waals surface area (Å²) in [5.41, 5.74) is 14.4. The summed E-state index contributed by atoms with van der Waals surface area (Å²) < 4.78 is 31.7. The van der Waals surface area contributed by atoms with Gasteiger partial charge in [0.05, 0.1) is 6.42 Å². The van der Waals surface area contributed by atoms with Crippen LogP contribution in [0.2, 0.25) is 0 Å². The van der Waals surface area contributed by atoms with E-state index < -0.39 is 54.0 Å². The SMILES string of the molecule is Cc1ccc(C[C@H](NC(=O)[C@@H](C)NC(=O)[C@@H]2CCCN2C(=O)[C@@H]2C[C@@H]3CCCC[C@@H]3N2C(=O)Cc2ccc(C(=N)N)cc2)C(N)=O)cc1.O=C(O)C(F)(F)F. The number of carbonyl (C=O) groups excluding carboxylic acids is 5. The first kappa shape index (κ1) is 42.3. The van der Waals surface area contributed by atoms with Gasteiger partial charge in [-0.15, -0.1) is 0 Å². The molecule has 5 amide bonds. The molecule has 0 aromatic heterocycles. The number of hydrogen-bond acceptors (Lipinski definition) is 7. The number of nitrogens with two attached hydrogens (primary N) is 2. The summed E-state index contributed by atoms with van der Waals surface area (Å²) in [6.45, 7) is 3.87. The van der Waals surface area contributed by atoms with Gasteiger partial charge in [-0.05, 0) is 63.0 Å². The number of amides is 5. The highest BCUT2D eigenvalue weighted by atomic mass is 19.4. The van der Waals surface area contributed by atoms with Gasteiger partial charge in [-0.2, -0.15) is 13.2 Å². The number of nitrogens with one attached hydrogen (secondary N) is 3. The van der Waals surface area contributed by atoms with Crippen LogP contribution in [0, 0.1) is 18.3 Å². The van der Waals surface area contributed by atoms with E-state index in [0.29, 0.717) is 31.4 Å². The van der Waals surface area contributed by atoms with Crippen LogP contribution in [0.25, 0.3) is 0 Å². The van der Waals surface area contributed by atoms with Crippen molar-refractivity contribution in [3.05, 3.63) is 70.8 Å². The molecule has 1 aliphatic carbocycles. The van der Waals surface area contributed by atoms with Gasteiger partial charge in [0.2, 0.25) is 29.5 Å². The number of carboxylic acid groups (broad SMARTS) is 1. The van der Waals surface area contributed by atoms with Crippen molar-refractivity contribution < 1.29 is 47.0 Å². The number of alkyl halides is 3. The van der Waals surface area contributed by atoms with E-state index in [0.717, 1.165) is 42.4 Å². The maximum absolute atomic E-state index is 14.2. The third-order valence-electron chi connectivity index (χ3n) is 10.3. The number of halogens is 3. The Morgan fingerprint density at radius 2 is 1.49 bits per heavy atom. The Morgan fingerprint density at radius 1 is 0.891 bits per heavy atom. The van der Waals surface area contributed by atoms with Crippen LogP contribution in [0.1, 0.15) is 74.1 Å². The third kappa shape index (κ3) is 11.0. The lowest BCUT2D eigenvalue weighted by Crippen LogP contribution is -2.57. The molecule has 5 rings (SSSR count). The number of fused-ring (bicyclic) bond motifs is 1. The van der Waals surface area contributed by atoms with Gasteiger partial charge in [-0.3, -0.25) is 29.4 Å². The van der Waals surface area contributed by atoms with Gasteiger partial charge in [0.25, 0.3) is 0 Å². The second kappa shape index (κ2) is 18.2. The number of nitrogens with zero attached hydrogens (tertiary/aromatic N) is 2. The average Bonchev–Trinajstić information content (AvgIpc) is 3.78. The third-order valence-corrected chi connectivity index (χ3v) is 10.3. The molecule has 3 aliphatic rings. The van der Waals surface area contributed by atoms with E-state index >= 15 is 0 Å². The molecule has 0 bridgehead atoms. The maximum Gasteiger partial charge on any atom is 0.490 e. The summed E-state index contributed by atoms with van der Waals surface area (Å²) in [5, 5.41) is 20.2. The minimum atomic E-state index is -5.08. The first-order valence-corrected chi connectivity index (χ1v) is 18.2. The van der Waals surface area contributed by atoms with E-state index in [1.807, 2.05) is 31.2 Å². The van der Waals surface area contributed by atoms with Crippen molar-refractivity contribution >= 4 is 41.3 Å². The number of amidine groups is 1. The Hall–Kier alpha value is -5.48. The molecular formula is C38H48F3N7O7. The Morgan fingerprint density at radius 3 is 2.07 bits per heavy atom. The van der Waals surface area contributed by atoms with Crippen LogP contribution in [0.5, 0.6) is 0 Å².